The van der Waals surface area contributed by atoms with Crippen LogP contribution in [0.5, 0.6) is 0 Å². The van der Waals surface area contributed by atoms with Gasteiger partial charge in [0.05, 0.1) is 0 Å². The van der Waals surface area contributed by atoms with Crippen LogP contribution in [0.1, 0.15) is 38.5 Å². The molecule has 17 heavy (non-hydrogen) atoms. The van der Waals surface area contributed by atoms with E-state index in [1.807, 2.05) is 0 Å². The topological polar surface area (TPSA) is 38.5 Å². The lowest BCUT2D eigenvalue weighted by molar-refractivity contribution is 0.0318. The van der Waals surface area contributed by atoms with Gasteiger partial charge in [-0.15, -0.1) is 0 Å². The summed E-state index contributed by atoms with van der Waals surface area (Å²) >= 11 is 0. The van der Waals surface area contributed by atoms with Gasteiger partial charge in [-0.3, -0.25) is 0 Å². The first-order chi connectivity index (χ1) is 8.31. The number of hydrogen-bond donors (Lipinski definition) is 1. The molecule has 1 aliphatic carbocycles. The van der Waals surface area contributed by atoms with E-state index in [0.717, 1.165) is 37.6 Å². The number of rotatable bonds is 4. The van der Waals surface area contributed by atoms with E-state index in [2.05, 4.69) is 11.9 Å². The number of nitrogens with two attached hydrogens (primary N) is 1. The minimum Gasteiger partial charge on any atom is -0.381 e. The van der Waals surface area contributed by atoms with Gasteiger partial charge in [-0.1, -0.05) is 12.8 Å². The van der Waals surface area contributed by atoms with Gasteiger partial charge in [0.25, 0.3) is 0 Å². The van der Waals surface area contributed by atoms with Gasteiger partial charge in [-0.05, 0) is 51.1 Å². The zero-order chi connectivity index (χ0) is 12.1. The molecule has 3 heteroatoms. The van der Waals surface area contributed by atoms with Crippen LogP contribution in [0.2, 0.25) is 0 Å². The molecule has 1 saturated heterocycles. The number of ether oxygens (including phenoxy) is 1. The zero-order valence-corrected chi connectivity index (χ0v) is 11.2. The van der Waals surface area contributed by atoms with E-state index in [-0.39, 0.29) is 0 Å². The number of hydrogen-bond acceptors (Lipinski definition) is 3. The maximum absolute atomic E-state index is 5.91. The molecule has 0 radical (unpaired) electrons. The second-order valence-electron chi connectivity index (χ2n) is 5.82. The van der Waals surface area contributed by atoms with E-state index in [4.69, 9.17) is 10.5 Å². The molecule has 2 fully saturated rings. The van der Waals surface area contributed by atoms with Crippen LogP contribution in [-0.2, 0) is 4.74 Å². The highest BCUT2D eigenvalue weighted by Gasteiger charge is 2.27. The summed E-state index contributed by atoms with van der Waals surface area (Å²) in [6.07, 6.45) is 7.94. The molecule has 1 aliphatic heterocycles. The SMILES string of the molecule is CN(CC1CCCCC1CN)C1CCOCC1. The van der Waals surface area contributed by atoms with Gasteiger partial charge in [-0.25, -0.2) is 0 Å². The fraction of sp³-hybridized carbons (Fsp3) is 1.00. The van der Waals surface area contributed by atoms with Crippen molar-refractivity contribution < 1.29 is 4.74 Å². The third-order valence-electron chi connectivity index (χ3n) is 4.71. The average molecular weight is 240 g/mol. The van der Waals surface area contributed by atoms with Crippen molar-refractivity contribution in [1.29, 1.82) is 0 Å². The molecule has 1 heterocycles. The largest absolute Gasteiger partial charge is 0.381 e. The van der Waals surface area contributed by atoms with Crippen LogP contribution in [0, 0.1) is 11.8 Å². The molecule has 2 N–H and O–H groups in total. The summed E-state index contributed by atoms with van der Waals surface area (Å²) in [5.41, 5.74) is 5.91. The molecule has 100 valence electrons. The number of nitrogens with zero attached hydrogens (tertiary/aromatic N) is 1. The summed E-state index contributed by atoms with van der Waals surface area (Å²) in [4.78, 5) is 2.57. The first-order valence-corrected chi connectivity index (χ1v) is 7.29. The fourth-order valence-corrected chi connectivity index (χ4v) is 3.48. The monoisotopic (exact) mass is 240 g/mol. The Morgan fingerprint density at radius 1 is 1.06 bits per heavy atom. The first kappa shape index (κ1) is 13.3. The molecule has 2 rings (SSSR count). The highest BCUT2D eigenvalue weighted by Crippen LogP contribution is 2.30. The Morgan fingerprint density at radius 2 is 1.71 bits per heavy atom. The molecule has 2 atom stereocenters. The van der Waals surface area contributed by atoms with E-state index in [1.165, 1.54) is 45.1 Å². The standard InChI is InChI=1S/C14H28N2O/c1-16(14-6-8-17-9-7-14)11-13-5-3-2-4-12(13)10-15/h12-14H,2-11,15H2,1H3. The molecule has 0 aromatic heterocycles. The molecule has 2 unspecified atom stereocenters. The third-order valence-corrected chi connectivity index (χ3v) is 4.71. The van der Waals surface area contributed by atoms with Crippen molar-refractivity contribution >= 4 is 0 Å². The van der Waals surface area contributed by atoms with E-state index < -0.39 is 0 Å². The highest BCUT2D eigenvalue weighted by molar-refractivity contribution is 4.81. The summed E-state index contributed by atoms with van der Waals surface area (Å²) in [7, 11) is 2.29. The van der Waals surface area contributed by atoms with Crippen LogP contribution in [0.3, 0.4) is 0 Å². The van der Waals surface area contributed by atoms with Crippen LogP contribution < -0.4 is 5.73 Å². The molecule has 1 saturated carbocycles. The molecule has 2 aliphatic rings. The molecule has 3 nitrogen and oxygen atoms in total. The smallest absolute Gasteiger partial charge is 0.0480 e. The van der Waals surface area contributed by atoms with Crippen LogP contribution in [0.4, 0.5) is 0 Å². The van der Waals surface area contributed by atoms with Crippen LogP contribution in [0.25, 0.3) is 0 Å². The van der Waals surface area contributed by atoms with Crippen molar-refractivity contribution in [3.05, 3.63) is 0 Å². The Morgan fingerprint density at radius 3 is 2.35 bits per heavy atom. The Balaban J connectivity index is 1.81. The minimum atomic E-state index is 0.740. The highest BCUT2D eigenvalue weighted by atomic mass is 16.5. The molecular formula is C14H28N2O. The van der Waals surface area contributed by atoms with Gasteiger partial charge in [0.15, 0.2) is 0 Å². The lowest BCUT2D eigenvalue weighted by Crippen LogP contribution is -2.42. The second-order valence-corrected chi connectivity index (χ2v) is 5.82. The quantitative estimate of drug-likeness (QED) is 0.815. The Bertz CT molecular complexity index is 216. The zero-order valence-electron chi connectivity index (χ0n) is 11.2. The maximum Gasteiger partial charge on any atom is 0.0480 e. The summed E-state index contributed by atoms with van der Waals surface area (Å²) in [5, 5.41) is 0. The second kappa shape index (κ2) is 6.72. The maximum atomic E-state index is 5.91. The Labute approximate surface area is 106 Å². The first-order valence-electron chi connectivity index (χ1n) is 7.29. The van der Waals surface area contributed by atoms with Crippen LogP contribution in [-0.4, -0.2) is 44.3 Å². The van der Waals surface area contributed by atoms with Crippen molar-refractivity contribution in [2.75, 3.05) is 33.4 Å². The van der Waals surface area contributed by atoms with Crippen molar-refractivity contribution in [2.24, 2.45) is 17.6 Å². The van der Waals surface area contributed by atoms with E-state index in [9.17, 15) is 0 Å². The Hall–Kier alpha value is -0.120. The summed E-state index contributed by atoms with van der Waals surface area (Å²) in [5.74, 6) is 1.60. The summed E-state index contributed by atoms with van der Waals surface area (Å²) < 4.78 is 5.44. The molecule has 0 aromatic rings. The fourth-order valence-electron chi connectivity index (χ4n) is 3.48. The van der Waals surface area contributed by atoms with Crippen molar-refractivity contribution in [3.8, 4) is 0 Å². The molecular weight excluding hydrogens is 212 g/mol. The van der Waals surface area contributed by atoms with E-state index in [0.29, 0.717) is 0 Å². The van der Waals surface area contributed by atoms with Gasteiger partial charge in [0, 0.05) is 25.8 Å². The van der Waals surface area contributed by atoms with Crippen molar-refractivity contribution in [3.63, 3.8) is 0 Å². The lowest BCUT2D eigenvalue weighted by Gasteiger charge is -2.38. The molecule has 0 bridgehead atoms. The summed E-state index contributed by atoms with van der Waals surface area (Å²) in [6.45, 7) is 4.01. The van der Waals surface area contributed by atoms with Gasteiger partial charge in [0.2, 0.25) is 0 Å². The lowest BCUT2D eigenvalue weighted by atomic mass is 9.79. The Kier molecular flexibility index (Phi) is 5.26. The predicted molar refractivity (Wildman–Crippen MR) is 71.0 cm³/mol. The molecule has 0 spiro atoms. The third kappa shape index (κ3) is 3.67. The van der Waals surface area contributed by atoms with Crippen LogP contribution >= 0.6 is 0 Å². The predicted octanol–water partition coefficient (Wildman–Crippen LogP) is 1.86. The normalized spacial score (nSPS) is 31.9. The van der Waals surface area contributed by atoms with Crippen molar-refractivity contribution in [2.45, 2.75) is 44.6 Å². The minimum absolute atomic E-state index is 0.740. The van der Waals surface area contributed by atoms with Crippen molar-refractivity contribution in [1.82, 2.24) is 4.90 Å². The van der Waals surface area contributed by atoms with Gasteiger partial charge < -0.3 is 15.4 Å². The average Bonchev–Trinajstić information content (AvgIpc) is 2.40. The van der Waals surface area contributed by atoms with Gasteiger partial charge in [0.1, 0.15) is 0 Å². The van der Waals surface area contributed by atoms with Gasteiger partial charge in [-0.2, -0.15) is 0 Å². The summed E-state index contributed by atoms with van der Waals surface area (Å²) in [6, 6.07) is 0.740. The molecule has 0 amide bonds. The van der Waals surface area contributed by atoms with E-state index in [1.54, 1.807) is 0 Å². The van der Waals surface area contributed by atoms with E-state index >= 15 is 0 Å². The molecule has 0 aromatic carbocycles. The van der Waals surface area contributed by atoms with Crippen LogP contribution in [0.15, 0.2) is 0 Å². The van der Waals surface area contributed by atoms with Gasteiger partial charge >= 0.3 is 0 Å².